The second-order valence-corrected chi connectivity index (χ2v) is 5.46. The molecule has 124 valence electrons. The van der Waals surface area contributed by atoms with Gasteiger partial charge in [0.25, 0.3) is 0 Å². The number of nitrogens with zero attached hydrogens (tertiary/aromatic N) is 1. The van der Waals surface area contributed by atoms with Crippen LogP contribution >= 0.6 is 0 Å². The third-order valence-corrected chi connectivity index (χ3v) is 3.58. The van der Waals surface area contributed by atoms with Gasteiger partial charge in [0.2, 0.25) is 5.91 Å². The van der Waals surface area contributed by atoms with E-state index in [4.69, 9.17) is 9.47 Å². The van der Waals surface area contributed by atoms with Crippen molar-refractivity contribution in [3.05, 3.63) is 54.6 Å². The van der Waals surface area contributed by atoms with E-state index < -0.39 is 6.09 Å². The van der Waals surface area contributed by atoms with Crippen molar-refractivity contribution in [3.63, 3.8) is 0 Å². The quantitative estimate of drug-likeness (QED) is 0.917. The number of carbonyl (C=O) groups excluding carboxylic acids is 2. The van der Waals surface area contributed by atoms with Gasteiger partial charge in [0.05, 0.1) is 13.1 Å². The van der Waals surface area contributed by atoms with Gasteiger partial charge in [-0.25, -0.2) is 4.79 Å². The van der Waals surface area contributed by atoms with Gasteiger partial charge in [0.15, 0.2) is 0 Å². The SMILES string of the molecule is CC(=O)NC[C@@H]1CN(c2ccc(Oc3ccccc3)cc2)C(=O)O1. The highest BCUT2D eigenvalue weighted by Crippen LogP contribution is 2.26. The maximum absolute atomic E-state index is 12.0. The van der Waals surface area contributed by atoms with Crippen LogP contribution in [0.3, 0.4) is 0 Å². The normalized spacial score (nSPS) is 16.6. The number of anilines is 1. The van der Waals surface area contributed by atoms with Crippen molar-refractivity contribution in [2.45, 2.75) is 13.0 Å². The molecule has 1 N–H and O–H groups in total. The monoisotopic (exact) mass is 326 g/mol. The number of hydrogen-bond acceptors (Lipinski definition) is 4. The Kier molecular flexibility index (Phi) is 4.65. The molecule has 3 rings (SSSR count). The second kappa shape index (κ2) is 7.04. The maximum atomic E-state index is 12.0. The summed E-state index contributed by atoms with van der Waals surface area (Å²) in [6, 6.07) is 16.7. The van der Waals surface area contributed by atoms with Crippen LogP contribution in [0.4, 0.5) is 10.5 Å². The van der Waals surface area contributed by atoms with Crippen molar-refractivity contribution in [3.8, 4) is 11.5 Å². The number of amides is 2. The minimum absolute atomic E-state index is 0.146. The van der Waals surface area contributed by atoms with E-state index in [0.717, 1.165) is 11.4 Å². The third-order valence-electron chi connectivity index (χ3n) is 3.58. The van der Waals surface area contributed by atoms with Crippen LogP contribution in [-0.4, -0.2) is 31.2 Å². The molecule has 24 heavy (non-hydrogen) atoms. The molecule has 1 atom stereocenters. The molecule has 0 spiro atoms. The minimum Gasteiger partial charge on any atom is -0.457 e. The molecule has 1 aliphatic rings. The van der Waals surface area contributed by atoms with Crippen LogP contribution in [0.5, 0.6) is 11.5 Å². The predicted molar refractivity (Wildman–Crippen MR) is 89.3 cm³/mol. The largest absolute Gasteiger partial charge is 0.457 e. The zero-order valence-corrected chi connectivity index (χ0v) is 13.3. The molecule has 0 radical (unpaired) electrons. The molecule has 2 amide bonds. The van der Waals surface area contributed by atoms with Gasteiger partial charge in [-0.05, 0) is 36.4 Å². The van der Waals surface area contributed by atoms with Crippen molar-refractivity contribution in [1.29, 1.82) is 0 Å². The van der Waals surface area contributed by atoms with Gasteiger partial charge in [0, 0.05) is 12.6 Å². The fourth-order valence-electron chi connectivity index (χ4n) is 2.41. The number of para-hydroxylation sites is 1. The fraction of sp³-hybridized carbons (Fsp3) is 0.222. The average Bonchev–Trinajstić information content (AvgIpc) is 2.96. The Bertz CT molecular complexity index is 716. The molecule has 6 heteroatoms. The molecule has 2 aromatic rings. The molecule has 6 nitrogen and oxygen atoms in total. The molecular weight excluding hydrogens is 308 g/mol. The van der Waals surface area contributed by atoms with Gasteiger partial charge in [-0.2, -0.15) is 0 Å². The highest BCUT2D eigenvalue weighted by Gasteiger charge is 2.32. The number of ether oxygens (including phenoxy) is 2. The number of carbonyl (C=O) groups is 2. The molecule has 0 unspecified atom stereocenters. The Hall–Kier alpha value is -3.02. The first kappa shape index (κ1) is 15.9. The number of benzene rings is 2. The number of hydrogen-bond donors (Lipinski definition) is 1. The lowest BCUT2D eigenvalue weighted by molar-refractivity contribution is -0.119. The third kappa shape index (κ3) is 3.84. The van der Waals surface area contributed by atoms with Crippen LogP contribution in [0.25, 0.3) is 0 Å². The Labute approximate surface area is 140 Å². The van der Waals surface area contributed by atoms with Crippen LogP contribution in [0, 0.1) is 0 Å². The Morgan fingerprint density at radius 3 is 2.50 bits per heavy atom. The van der Waals surface area contributed by atoms with Crippen molar-refractivity contribution in [2.24, 2.45) is 0 Å². The molecule has 0 aromatic heterocycles. The number of rotatable bonds is 5. The van der Waals surface area contributed by atoms with Crippen LogP contribution in [0.15, 0.2) is 54.6 Å². The second-order valence-electron chi connectivity index (χ2n) is 5.46. The highest BCUT2D eigenvalue weighted by atomic mass is 16.6. The summed E-state index contributed by atoms with van der Waals surface area (Å²) >= 11 is 0. The first-order valence-electron chi connectivity index (χ1n) is 7.67. The van der Waals surface area contributed by atoms with Gasteiger partial charge < -0.3 is 14.8 Å². The van der Waals surface area contributed by atoms with E-state index in [1.165, 1.54) is 6.92 Å². The van der Waals surface area contributed by atoms with E-state index >= 15 is 0 Å². The lowest BCUT2D eigenvalue weighted by Crippen LogP contribution is -2.33. The molecule has 1 heterocycles. The van der Waals surface area contributed by atoms with Crippen LogP contribution in [0.2, 0.25) is 0 Å². The summed E-state index contributed by atoms with van der Waals surface area (Å²) in [5.41, 5.74) is 0.728. The first-order valence-corrected chi connectivity index (χ1v) is 7.67. The summed E-state index contributed by atoms with van der Waals surface area (Å²) in [6.45, 7) is 2.14. The van der Waals surface area contributed by atoms with Gasteiger partial charge in [-0.15, -0.1) is 0 Å². The Morgan fingerprint density at radius 1 is 1.17 bits per heavy atom. The van der Waals surface area contributed by atoms with Crippen LogP contribution in [-0.2, 0) is 9.53 Å². The van der Waals surface area contributed by atoms with Crippen molar-refractivity contribution >= 4 is 17.7 Å². The molecule has 0 saturated carbocycles. The molecule has 1 aliphatic heterocycles. The Morgan fingerprint density at radius 2 is 1.83 bits per heavy atom. The highest BCUT2D eigenvalue weighted by molar-refractivity contribution is 5.89. The molecule has 0 bridgehead atoms. The zero-order valence-electron chi connectivity index (χ0n) is 13.3. The van der Waals surface area contributed by atoms with Gasteiger partial charge in [-0.1, -0.05) is 18.2 Å². The summed E-state index contributed by atoms with van der Waals surface area (Å²) in [5.74, 6) is 1.29. The van der Waals surface area contributed by atoms with Gasteiger partial charge in [0.1, 0.15) is 17.6 Å². The van der Waals surface area contributed by atoms with E-state index in [1.54, 1.807) is 29.2 Å². The van der Waals surface area contributed by atoms with Crippen molar-refractivity contribution < 1.29 is 19.1 Å². The summed E-state index contributed by atoms with van der Waals surface area (Å²) < 4.78 is 11.0. The predicted octanol–water partition coefficient (Wildman–Crippen LogP) is 2.94. The standard InChI is InChI=1S/C18H18N2O4/c1-13(21)19-11-17-12-20(18(22)24-17)14-7-9-16(10-8-14)23-15-5-3-2-4-6-15/h2-10,17H,11-12H2,1H3,(H,19,21)/t17-/m1/s1. The molecule has 2 aromatic carbocycles. The maximum Gasteiger partial charge on any atom is 0.414 e. The summed E-state index contributed by atoms with van der Waals surface area (Å²) in [6.07, 6.45) is -0.760. The summed E-state index contributed by atoms with van der Waals surface area (Å²) in [4.78, 5) is 24.4. The van der Waals surface area contributed by atoms with Crippen molar-refractivity contribution in [1.82, 2.24) is 5.32 Å². The lowest BCUT2D eigenvalue weighted by Gasteiger charge is -2.14. The topological polar surface area (TPSA) is 67.9 Å². The van der Waals surface area contributed by atoms with E-state index in [2.05, 4.69) is 5.32 Å². The van der Waals surface area contributed by atoms with Gasteiger partial charge in [-0.3, -0.25) is 9.69 Å². The fourth-order valence-corrected chi connectivity index (χ4v) is 2.41. The van der Waals surface area contributed by atoms with E-state index in [-0.39, 0.29) is 12.0 Å². The zero-order chi connectivity index (χ0) is 16.9. The summed E-state index contributed by atoms with van der Waals surface area (Å²) in [7, 11) is 0. The molecule has 1 saturated heterocycles. The molecule has 1 fully saturated rings. The molecule has 0 aliphatic carbocycles. The lowest BCUT2D eigenvalue weighted by atomic mass is 10.2. The van der Waals surface area contributed by atoms with E-state index in [0.29, 0.717) is 18.8 Å². The van der Waals surface area contributed by atoms with Crippen LogP contribution < -0.4 is 15.0 Å². The molecular formula is C18H18N2O4. The smallest absolute Gasteiger partial charge is 0.414 e. The summed E-state index contributed by atoms with van der Waals surface area (Å²) in [5, 5.41) is 2.65. The van der Waals surface area contributed by atoms with E-state index in [9.17, 15) is 9.59 Å². The minimum atomic E-state index is -0.415. The van der Waals surface area contributed by atoms with Crippen molar-refractivity contribution in [2.75, 3.05) is 18.0 Å². The number of nitrogens with one attached hydrogen (secondary N) is 1. The average molecular weight is 326 g/mol. The van der Waals surface area contributed by atoms with E-state index in [1.807, 2.05) is 30.3 Å². The van der Waals surface area contributed by atoms with Crippen LogP contribution in [0.1, 0.15) is 6.92 Å². The first-order chi connectivity index (χ1) is 11.6. The Balaban J connectivity index is 1.63. The number of cyclic esters (lactones) is 1. The van der Waals surface area contributed by atoms with Gasteiger partial charge >= 0.3 is 6.09 Å².